The zero-order valence-electron chi connectivity index (χ0n) is 11.3. The summed E-state index contributed by atoms with van der Waals surface area (Å²) in [5.41, 5.74) is 0.657. The van der Waals surface area contributed by atoms with Crippen LogP contribution in [0.2, 0.25) is 0 Å². The lowest BCUT2D eigenvalue weighted by Gasteiger charge is -2.10. The highest BCUT2D eigenvalue weighted by Crippen LogP contribution is 2.37. The fourth-order valence-electron chi connectivity index (χ4n) is 2.55. The standard InChI is InChI=1S/C13H20N2O4S/c16-9-11-6-13(8-15(11)10-3-4-10)20(17,18)14-7-12-2-1-5-19-12/h6,8,10,12,14,16H,1-5,7,9H2. The number of aliphatic hydroxyl groups is 1. The number of nitrogens with one attached hydrogen (secondary N) is 1. The second-order valence-electron chi connectivity index (χ2n) is 5.45. The molecule has 0 aromatic carbocycles. The highest BCUT2D eigenvalue weighted by Gasteiger charge is 2.28. The van der Waals surface area contributed by atoms with Gasteiger partial charge >= 0.3 is 0 Å². The molecule has 0 spiro atoms. The Bertz CT molecular complexity index is 571. The molecule has 1 aromatic rings. The lowest BCUT2D eigenvalue weighted by Crippen LogP contribution is -2.31. The molecule has 2 N–H and O–H groups in total. The van der Waals surface area contributed by atoms with E-state index < -0.39 is 10.0 Å². The fraction of sp³-hybridized carbons (Fsp3) is 0.692. The SMILES string of the molecule is O=S(=O)(NCC1CCCO1)c1cc(CO)n(C2CC2)c1. The molecule has 1 aromatic heterocycles. The van der Waals surface area contributed by atoms with E-state index in [1.165, 1.54) is 0 Å². The number of nitrogens with zero attached hydrogens (tertiary/aromatic N) is 1. The second-order valence-corrected chi connectivity index (χ2v) is 7.22. The van der Waals surface area contributed by atoms with Gasteiger partial charge in [-0.05, 0) is 31.7 Å². The van der Waals surface area contributed by atoms with Crippen LogP contribution >= 0.6 is 0 Å². The van der Waals surface area contributed by atoms with Crippen LogP contribution in [0.1, 0.15) is 37.4 Å². The Balaban J connectivity index is 1.72. The van der Waals surface area contributed by atoms with Gasteiger partial charge in [0.05, 0.1) is 17.6 Å². The lowest BCUT2D eigenvalue weighted by molar-refractivity contribution is 0.114. The van der Waals surface area contributed by atoms with Crippen molar-refractivity contribution >= 4 is 10.0 Å². The molecule has 7 heteroatoms. The number of aromatic nitrogens is 1. The van der Waals surface area contributed by atoms with Crippen molar-refractivity contribution < 1.29 is 18.3 Å². The molecule has 2 heterocycles. The maximum absolute atomic E-state index is 12.3. The van der Waals surface area contributed by atoms with Crippen LogP contribution in [-0.2, 0) is 21.4 Å². The van der Waals surface area contributed by atoms with E-state index in [4.69, 9.17) is 4.74 Å². The molecule has 1 unspecified atom stereocenters. The van der Waals surface area contributed by atoms with Crippen molar-refractivity contribution in [3.05, 3.63) is 18.0 Å². The lowest BCUT2D eigenvalue weighted by atomic mass is 10.2. The van der Waals surface area contributed by atoms with Gasteiger partial charge in [-0.3, -0.25) is 0 Å². The van der Waals surface area contributed by atoms with E-state index in [0.29, 0.717) is 24.9 Å². The van der Waals surface area contributed by atoms with Gasteiger partial charge in [-0.15, -0.1) is 0 Å². The summed E-state index contributed by atoms with van der Waals surface area (Å²) < 4.78 is 34.4. The average molecular weight is 300 g/mol. The zero-order valence-corrected chi connectivity index (χ0v) is 12.1. The molecule has 6 nitrogen and oxygen atoms in total. The second kappa shape index (κ2) is 5.48. The molecule has 2 aliphatic rings. The van der Waals surface area contributed by atoms with Gasteiger partial charge in [0.15, 0.2) is 0 Å². The Morgan fingerprint density at radius 3 is 2.80 bits per heavy atom. The van der Waals surface area contributed by atoms with Crippen molar-refractivity contribution in [3.8, 4) is 0 Å². The number of sulfonamides is 1. The Kier molecular flexibility index (Phi) is 3.85. The van der Waals surface area contributed by atoms with Crippen molar-refractivity contribution in [1.82, 2.24) is 9.29 Å². The monoisotopic (exact) mass is 300 g/mol. The quantitative estimate of drug-likeness (QED) is 0.813. The summed E-state index contributed by atoms with van der Waals surface area (Å²) in [6.45, 7) is 0.877. The van der Waals surface area contributed by atoms with Crippen molar-refractivity contribution in [2.75, 3.05) is 13.2 Å². The zero-order chi connectivity index (χ0) is 14.2. The maximum Gasteiger partial charge on any atom is 0.242 e. The van der Waals surface area contributed by atoms with E-state index in [9.17, 15) is 13.5 Å². The third-order valence-corrected chi connectivity index (χ3v) is 5.23. The van der Waals surface area contributed by atoms with Crippen LogP contribution in [0.15, 0.2) is 17.2 Å². The van der Waals surface area contributed by atoms with Crippen molar-refractivity contribution in [3.63, 3.8) is 0 Å². The normalized spacial score (nSPS) is 23.4. The van der Waals surface area contributed by atoms with Gasteiger partial charge in [0.25, 0.3) is 0 Å². The minimum Gasteiger partial charge on any atom is -0.390 e. The molecule has 1 saturated heterocycles. The van der Waals surface area contributed by atoms with Gasteiger partial charge in [-0.2, -0.15) is 0 Å². The van der Waals surface area contributed by atoms with E-state index in [-0.39, 0.29) is 17.6 Å². The summed E-state index contributed by atoms with van der Waals surface area (Å²) in [5, 5.41) is 9.32. The summed E-state index contributed by atoms with van der Waals surface area (Å²) >= 11 is 0. The predicted octanol–water partition coefficient (Wildman–Crippen LogP) is 0.773. The summed E-state index contributed by atoms with van der Waals surface area (Å²) in [7, 11) is -3.53. The highest BCUT2D eigenvalue weighted by molar-refractivity contribution is 7.89. The first kappa shape index (κ1) is 14.1. The Labute approximate surface area is 118 Å². The fourth-order valence-corrected chi connectivity index (χ4v) is 3.67. The summed E-state index contributed by atoms with van der Waals surface area (Å²) in [4.78, 5) is 0.228. The number of aliphatic hydroxyl groups excluding tert-OH is 1. The van der Waals surface area contributed by atoms with Crippen LogP contribution in [0.25, 0.3) is 0 Å². The van der Waals surface area contributed by atoms with Gasteiger partial charge in [0.2, 0.25) is 10.0 Å². The number of rotatable bonds is 6. The minimum atomic E-state index is -3.53. The third kappa shape index (κ3) is 2.90. The van der Waals surface area contributed by atoms with E-state index in [1.807, 2.05) is 4.57 Å². The van der Waals surface area contributed by atoms with Gasteiger partial charge in [-0.25, -0.2) is 13.1 Å². The van der Waals surface area contributed by atoms with Crippen molar-refractivity contribution in [2.45, 2.75) is 49.3 Å². The molecule has 1 aliphatic heterocycles. The van der Waals surface area contributed by atoms with Crippen LogP contribution in [0.4, 0.5) is 0 Å². The molecule has 1 saturated carbocycles. The van der Waals surface area contributed by atoms with E-state index >= 15 is 0 Å². The molecule has 0 radical (unpaired) electrons. The topological polar surface area (TPSA) is 80.6 Å². The number of ether oxygens (including phenoxy) is 1. The molecule has 112 valence electrons. The van der Waals surface area contributed by atoms with E-state index in [0.717, 1.165) is 25.7 Å². The van der Waals surface area contributed by atoms with E-state index in [2.05, 4.69) is 4.72 Å². The van der Waals surface area contributed by atoms with Crippen molar-refractivity contribution in [1.29, 1.82) is 0 Å². The van der Waals surface area contributed by atoms with Crippen LogP contribution in [0.5, 0.6) is 0 Å². The van der Waals surface area contributed by atoms with E-state index in [1.54, 1.807) is 12.3 Å². The highest BCUT2D eigenvalue weighted by atomic mass is 32.2. The number of hydrogen-bond donors (Lipinski definition) is 2. The van der Waals surface area contributed by atoms with Gasteiger partial charge < -0.3 is 14.4 Å². The largest absolute Gasteiger partial charge is 0.390 e. The van der Waals surface area contributed by atoms with Gasteiger partial charge in [0, 0.05) is 31.1 Å². The maximum atomic E-state index is 12.3. The molecule has 2 fully saturated rings. The first-order chi connectivity index (χ1) is 9.60. The average Bonchev–Trinajstić information content (AvgIpc) is 2.98. The first-order valence-corrected chi connectivity index (χ1v) is 8.51. The molecular weight excluding hydrogens is 280 g/mol. The first-order valence-electron chi connectivity index (χ1n) is 7.03. The van der Waals surface area contributed by atoms with Crippen LogP contribution in [0.3, 0.4) is 0 Å². The molecule has 0 bridgehead atoms. The Morgan fingerprint density at radius 1 is 1.40 bits per heavy atom. The molecule has 1 atom stereocenters. The van der Waals surface area contributed by atoms with Gasteiger partial charge in [0.1, 0.15) is 0 Å². The van der Waals surface area contributed by atoms with Gasteiger partial charge in [-0.1, -0.05) is 0 Å². The molecule has 0 amide bonds. The summed E-state index contributed by atoms with van der Waals surface area (Å²) in [6, 6.07) is 1.90. The number of hydrogen-bond acceptors (Lipinski definition) is 4. The van der Waals surface area contributed by atoms with Crippen LogP contribution in [0, 0.1) is 0 Å². The summed E-state index contributed by atoms with van der Waals surface area (Å²) in [5.74, 6) is 0. The Morgan fingerprint density at radius 2 is 2.20 bits per heavy atom. The predicted molar refractivity (Wildman–Crippen MR) is 72.8 cm³/mol. The summed E-state index contributed by atoms with van der Waals surface area (Å²) in [6.07, 6.45) is 5.58. The Hall–Kier alpha value is -0.890. The van der Waals surface area contributed by atoms with Crippen molar-refractivity contribution in [2.24, 2.45) is 0 Å². The molecule has 20 heavy (non-hydrogen) atoms. The van der Waals surface area contributed by atoms with Crippen LogP contribution in [-0.4, -0.2) is 37.3 Å². The molecular formula is C13H20N2O4S. The van der Waals surface area contributed by atoms with Crippen LogP contribution < -0.4 is 4.72 Å². The minimum absolute atomic E-state index is 0.0207. The molecule has 3 rings (SSSR count). The smallest absolute Gasteiger partial charge is 0.242 e. The molecule has 1 aliphatic carbocycles. The third-order valence-electron chi connectivity index (χ3n) is 3.84.